The molecule has 0 aromatic carbocycles. The molecule has 28 heavy (non-hydrogen) atoms. The number of cyclic esters (lactones) is 1. The summed E-state index contributed by atoms with van der Waals surface area (Å²) < 4.78 is 45.4. The highest BCUT2D eigenvalue weighted by Gasteiger charge is 2.45. The van der Waals surface area contributed by atoms with Crippen molar-refractivity contribution in [2.24, 2.45) is 5.92 Å². The van der Waals surface area contributed by atoms with Gasteiger partial charge in [0.1, 0.15) is 17.1 Å². The molecule has 1 aromatic rings. The lowest BCUT2D eigenvalue weighted by atomic mass is 9.98. The normalized spacial score (nSPS) is 24.3. The molecule has 0 radical (unpaired) electrons. The Kier molecular flexibility index (Phi) is 4.43. The molecule has 4 heterocycles. The van der Waals surface area contributed by atoms with Crippen molar-refractivity contribution in [2.45, 2.75) is 45.6 Å². The second kappa shape index (κ2) is 6.56. The van der Waals surface area contributed by atoms with Crippen molar-refractivity contribution in [1.29, 1.82) is 0 Å². The third-order valence-electron chi connectivity index (χ3n) is 5.37. The molecule has 0 unspecified atom stereocenters. The van der Waals surface area contributed by atoms with Gasteiger partial charge in [-0.15, -0.1) is 0 Å². The maximum atomic E-state index is 13.7. The van der Waals surface area contributed by atoms with Crippen LogP contribution in [0.2, 0.25) is 0 Å². The number of aromatic nitrogens is 1. The first kappa shape index (κ1) is 18.9. The number of carbonyl (C=O) groups is 1. The third-order valence-corrected chi connectivity index (χ3v) is 5.37. The number of ether oxygens (including phenoxy) is 1. The summed E-state index contributed by atoms with van der Waals surface area (Å²) in [6.45, 7) is 7.20. The standard InChI is InChI=1S/C19H23F3N4O2/c1-11-4-6-13-14(24-10-19(2,3)28-18(24)27)9-26(25(13)8-11)15-7-5-12(20)16(23-15)17(21)22/h5,7,11,17H,4,6,8-10H2,1-3H3/t11-/m0/s1. The van der Waals surface area contributed by atoms with Gasteiger partial charge in [0.05, 0.1) is 24.5 Å². The predicted molar refractivity (Wildman–Crippen MR) is 95.9 cm³/mol. The number of hydrazine groups is 1. The van der Waals surface area contributed by atoms with Crippen LogP contribution in [0, 0.1) is 11.7 Å². The Bertz CT molecular complexity index is 842. The molecule has 3 aliphatic rings. The fraction of sp³-hybridized carbons (Fsp3) is 0.579. The number of hydrogen-bond donors (Lipinski definition) is 0. The van der Waals surface area contributed by atoms with E-state index in [0.29, 0.717) is 25.6 Å². The summed E-state index contributed by atoms with van der Waals surface area (Å²) in [5, 5.41) is 3.74. The van der Waals surface area contributed by atoms with Crippen molar-refractivity contribution in [2.75, 3.05) is 24.6 Å². The van der Waals surface area contributed by atoms with Gasteiger partial charge in [0.25, 0.3) is 6.43 Å². The van der Waals surface area contributed by atoms with Crippen molar-refractivity contribution in [1.82, 2.24) is 14.9 Å². The van der Waals surface area contributed by atoms with E-state index in [1.807, 2.05) is 18.9 Å². The Morgan fingerprint density at radius 1 is 1.25 bits per heavy atom. The second-order valence-electron chi connectivity index (χ2n) is 8.23. The van der Waals surface area contributed by atoms with Gasteiger partial charge < -0.3 is 4.74 Å². The highest BCUT2D eigenvalue weighted by atomic mass is 19.3. The van der Waals surface area contributed by atoms with E-state index in [1.54, 1.807) is 9.91 Å². The number of pyridine rings is 1. The van der Waals surface area contributed by atoms with Crippen LogP contribution in [0.5, 0.6) is 0 Å². The molecule has 1 aromatic heterocycles. The van der Waals surface area contributed by atoms with Gasteiger partial charge in [-0.1, -0.05) is 6.92 Å². The van der Waals surface area contributed by atoms with Gasteiger partial charge in [0.2, 0.25) is 0 Å². The summed E-state index contributed by atoms with van der Waals surface area (Å²) in [6, 6.07) is 2.41. The second-order valence-corrected chi connectivity index (χ2v) is 8.23. The molecule has 0 N–H and O–H groups in total. The van der Waals surface area contributed by atoms with Crippen molar-refractivity contribution in [3.63, 3.8) is 0 Å². The first-order chi connectivity index (χ1) is 13.2. The maximum absolute atomic E-state index is 13.7. The first-order valence-corrected chi connectivity index (χ1v) is 9.38. The molecule has 9 heteroatoms. The first-order valence-electron chi connectivity index (χ1n) is 9.38. The van der Waals surface area contributed by atoms with E-state index in [2.05, 4.69) is 11.9 Å². The van der Waals surface area contributed by atoms with Gasteiger partial charge in [-0.05, 0) is 44.7 Å². The molecule has 1 amide bonds. The van der Waals surface area contributed by atoms with Gasteiger partial charge in [0, 0.05) is 6.54 Å². The highest BCUT2D eigenvalue weighted by Crippen LogP contribution is 2.39. The summed E-state index contributed by atoms with van der Waals surface area (Å²) in [6.07, 6.45) is -1.67. The summed E-state index contributed by atoms with van der Waals surface area (Å²) >= 11 is 0. The molecule has 0 saturated carbocycles. The van der Waals surface area contributed by atoms with E-state index in [-0.39, 0.29) is 5.82 Å². The van der Waals surface area contributed by atoms with Gasteiger partial charge in [-0.3, -0.25) is 14.9 Å². The van der Waals surface area contributed by atoms with Crippen LogP contribution in [0.1, 0.15) is 45.7 Å². The zero-order valence-electron chi connectivity index (χ0n) is 16.1. The number of piperidine rings is 1. The largest absolute Gasteiger partial charge is 0.441 e. The lowest BCUT2D eigenvalue weighted by Gasteiger charge is -2.38. The Balaban J connectivity index is 1.70. The molecular formula is C19H23F3N4O2. The number of nitrogens with zero attached hydrogens (tertiary/aromatic N) is 4. The molecule has 152 valence electrons. The van der Waals surface area contributed by atoms with Crippen LogP contribution in [0.4, 0.5) is 23.8 Å². The monoisotopic (exact) mass is 396 g/mol. The summed E-state index contributed by atoms with van der Waals surface area (Å²) in [5.74, 6) is -0.393. The number of fused-ring (bicyclic) bond motifs is 1. The van der Waals surface area contributed by atoms with E-state index in [9.17, 15) is 18.0 Å². The van der Waals surface area contributed by atoms with Crippen LogP contribution in [0.25, 0.3) is 0 Å². The van der Waals surface area contributed by atoms with Gasteiger partial charge in [-0.25, -0.2) is 22.9 Å². The molecule has 0 aliphatic carbocycles. The number of rotatable bonds is 3. The molecule has 2 fully saturated rings. The zero-order chi connectivity index (χ0) is 20.2. The fourth-order valence-electron chi connectivity index (χ4n) is 4.03. The Hall–Kier alpha value is -2.45. The fourth-order valence-corrected chi connectivity index (χ4v) is 4.03. The van der Waals surface area contributed by atoms with E-state index in [4.69, 9.17) is 4.74 Å². The number of anilines is 1. The van der Waals surface area contributed by atoms with E-state index >= 15 is 0 Å². The van der Waals surface area contributed by atoms with Crippen molar-refractivity contribution < 1.29 is 22.7 Å². The zero-order valence-corrected chi connectivity index (χ0v) is 16.1. The Morgan fingerprint density at radius 2 is 2.00 bits per heavy atom. The number of hydrogen-bond acceptors (Lipinski definition) is 5. The minimum absolute atomic E-state index is 0.241. The smallest absolute Gasteiger partial charge is 0.414 e. The summed E-state index contributed by atoms with van der Waals surface area (Å²) in [5.41, 5.74) is 0.311. The van der Waals surface area contributed by atoms with Crippen molar-refractivity contribution >= 4 is 11.9 Å². The SMILES string of the molecule is C[C@H]1CCC2=C(N3CC(C)(C)OC3=O)CN(c3ccc(F)c(C(F)F)n3)N2C1. The van der Waals surface area contributed by atoms with Crippen LogP contribution in [-0.4, -0.2) is 46.2 Å². The minimum Gasteiger partial charge on any atom is -0.441 e. The Morgan fingerprint density at radius 3 is 2.64 bits per heavy atom. The van der Waals surface area contributed by atoms with Crippen molar-refractivity contribution in [3.05, 3.63) is 35.0 Å². The molecule has 2 saturated heterocycles. The molecular weight excluding hydrogens is 373 g/mol. The van der Waals surface area contributed by atoms with E-state index < -0.39 is 29.6 Å². The van der Waals surface area contributed by atoms with Crippen LogP contribution < -0.4 is 5.01 Å². The lowest BCUT2D eigenvalue weighted by molar-refractivity contribution is 0.0862. The van der Waals surface area contributed by atoms with Crippen LogP contribution >= 0.6 is 0 Å². The van der Waals surface area contributed by atoms with Gasteiger partial charge >= 0.3 is 6.09 Å². The van der Waals surface area contributed by atoms with Crippen LogP contribution in [-0.2, 0) is 4.74 Å². The number of alkyl halides is 2. The molecule has 6 nitrogen and oxygen atoms in total. The van der Waals surface area contributed by atoms with Gasteiger partial charge in [0.15, 0.2) is 5.82 Å². The van der Waals surface area contributed by atoms with Crippen LogP contribution in [0.15, 0.2) is 23.5 Å². The number of amides is 1. The topological polar surface area (TPSA) is 48.9 Å². The van der Waals surface area contributed by atoms with Crippen molar-refractivity contribution in [3.8, 4) is 0 Å². The van der Waals surface area contributed by atoms with E-state index in [1.165, 1.54) is 6.07 Å². The number of halogens is 3. The summed E-state index contributed by atoms with van der Waals surface area (Å²) in [7, 11) is 0. The lowest BCUT2D eigenvalue weighted by Crippen LogP contribution is -2.43. The third kappa shape index (κ3) is 3.16. The average Bonchev–Trinajstić information content (AvgIpc) is 3.10. The number of carbonyl (C=O) groups excluding carboxylic acids is 1. The van der Waals surface area contributed by atoms with Crippen LogP contribution in [0.3, 0.4) is 0 Å². The summed E-state index contributed by atoms with van der Waals surface area (Å²) in [4.78, 5) is 17.9. The Labute approximate surface area is 161 Å². The molecule has 4 rings (SSSR count). The van der Waals surface area contributed by atoms with E-state index in [0.717, 1.165) is 30.3 Å². The highest BCUT2D eigenvalue weighted by molar-refractivity contribution is 5.74. The molecule has 0 bridgehead atoms. The maximum Gasteiger partial charge on any atom is 0.414 e. The minimum atomic E-state index is -3.00. The number of allylic oxidation sites excluding steroid dienone is 1. The quantitative estimate of drug-likeness (QED) is 0.771. The molecule has 3 aliphatic heterocycles. The molecule has 1 atom stereocenters. The predicted octanol–water partition coefficient (Wildman–Crippen LogP) is 4.07. The van der Waals surface area contributed by atoms with Gasteiger partial charge in [-0.2, -0.15) is 0 Å². The average molecular weight is 396 g/mol. The molecule has 0 spiro atoms.